The highest BCUT2D eigenvalue weighted by Crippen LogP contribution is 2.25. The number of hydrogen-bond acceptors (Lipinski definition) is 3. The van der Waals surface area contributed by atoms with Crippen LogP contribution in [0.2, 0.25) is 5.02 Å². The van der Waals surface area contributed by atoms with Gasteiger partial charge in [-0.15, -0.1) is 0 Å². The van der Waals surface area contributed by atoms with E-state index >= 15 is 0 Å². The van der Waals surface area contributed by atoms with Crippen molar-refractivity contribution < 1.29 is 9.59 Å². The summed E-state index contributed by atoms with van der Waals surface area (Å²) in [4.78, 5) is 23.7. The van der Waals surface area contributed by atoms with Crippen LogP contribution in [-0.4, -0.2) is 18.0 Å². The van der Waals surface area contributed by atoms with E-state index in [1.165, 1.54) is 6.07 Å². The van der Waals surface area contributed by atoms with E-state index < -0.39 is 11.8 Å². The van der Waals surface area contributed by atoms with Crippen LogP contribution in [0.3, 0.4) is 0 Å². The van der Waals surface area contributed by atoms with Gasteiger partial charge in [0.25, 0.3) is 11.8 Å². The quantitative estimate of drug-likeness (QED) is 0.645. The second-order valence-electron chi connectivity index (χ2n) is 2.81. The number of anilines is 1. The fourth-order valence-electron chi connectivity index (χ4n) is 1.13. The van der Waals surface area contributed by atoms with Gasteiger partial charge in [0.2, 0.25) is 0 Å². The molecular weight excluding hydrogens is 228 g/mol. The normalized spacial score (nSPS) is 9.31. The largest absolute Gasteiger partial charge is 0.303 e. The van der Waals surface area contributed by atoms with E-state index in [9.17, 15) is 9.59 Å². The molecule has 0 unspecified atom stereocenters. The summed E-state index contributed by atoms with van der Waals surface area (Å²) < 4.78 is 0. The number of nitrogens with zero attached hydrogens (tertiary/aromatic N) is 1. The van der Waals surface area contributed by atoms with Gasteiger partial charge in [-0.2, -0.15) is 0 Å². The van der Waals surface area contributed by atoms with Crippen LogP contribution in [0.25, 0.3) is 0 Å². The Hall–Kier alpha value is -1.94. The van der Waals surface area contributed by atoms with Crippen molar-refractivity contribution in [3.05, 3.63) is 41.9 Å². The summed E-state index contributed by atoms with van der Waals surface area (Å²) in [5, 5.41) is 7.14. The Morgan fingerprint density at radius 2 is 1.94 bits per heavy atom. The topological polar surface area (TPSA) is 61.2 Å². The van der Waals surface area contributed by atoms with Gasteiger partial charge in [0.15, 0.2) is 0 Å². The summed E-state index contributed by atoms with van der Waals surface area (Å²) in [6.07, 6.45) is 1.54. The molecule has 1 aromatic carbocycles. The summed E-state index contributed by atoms with van der Waals surface area (Å²) in [5.74, 6) is -1.39. The van der Waals surface area contributed by atoms with Gasteiger partial charge in [-0.05, 0) is 18.2 Å². The van der Waals surface area contributed by atoms with Gasteiger partial charge < -0.3 is 5.41 Å². The maximum atomic E-state index is 11.5. The molecule has 0 aliphatic carbocycles. The van der Waals surface area contributed by atoms with Crippen molar-refractivity contribution in [2.45, 2.75) is 0 Å². The first kappa shape index (κ1) is 12.1. The van der Waals surface area contributed by atoms with Gasteiger partial charge in [0.1, 0.15) is 0 Å². The summed E-state index contributed by atoms with van der Waals surface area (Å²) in [6.45, 7) is 3.29. The SMILES string of the molecule is C=CC(=O)N(C(=O)C=N)c1ccccc1Cl. The average molecular weight is 237 g/mol. The Kier molecular flexibility index (Phi) is 3.96. The molecule has 82 valence electrons. The number of hydrogen-bond donors (Lipinski definition) is 1. The van der Waals surface area contributed by atoms with Crippen LogP contribution < -0.4 is 4.90 Å². The molecule has 0 heterocycles. The first-order valence-electron chi connectivity index (χ1n) is 4.37. The summed E-state index contributed by atoms with van der Waals surface area (Å²) in [5.41, 5.74) is 0.238. The Morgan fingerprint density at radius 1 is 1.31 bits per heavy atom. The Labute approximate surface area is 97.6 Å². The van der Waals surface area contributed by atoms with Crippen molar-refractivity contribution in [3.63, 3.8) is 0 Å². The predicted octanol–water partition coefficient (Wildman–Crippen LogP) is 2.04. The Bertz CT molecular complexity index is 437. The van der Waals surface area contributed by atoms with Crippen LogP contribution >= 0.6 is 11.6 Å². The van der Waals surface area contributed by atoms with Crippen LogP contribution in [0.1, 0.15) is 0 Å². The van der Waals surface area contributed by atoms with E-state index in [0.717, 1.165) is 11.0 Å². The molecule has 0 aliphatic heterocycles. The first-order chi connectivity index (χ1) is 7.61. The molecule has 0 bridgehead atoms. The van der Waals surface area contributed by atoms with Crippen LogP contribution in [0, 0.1) is 5.41 Å². The van der Waals surface area contributed by atoms with E-state index in [2.05, 4.69) is 6.58 Å². The molecule has 0 saturated carbocycles. The number of amides is 2. The van der Waals surface area contributed by atoms with Crippen molar-refractivity contribution >= 4 is 35.3 Å². The maximum Gasteiger partial charge on any atom is 0.275 e. The number of rotatable bonds is 3. The number of benzene rings is 1. The molecule has 16 heavy (non-hydrogen) atoms. The molecule has 0 aromatic heterocycles. The fraction of sp³-hybridized carbons (Fsp3) is 0. The van der Waals surface area contributed by atoms with Gasteiger partial charge in [0.05, 0.1) is 16.9 Å². The number of para-hydroxylation sites is 1. The summed E-state index contributed by atoms with van der Waals surface area (Å²) >= 11 is 5.87. The van der Waals surface area contributed by atoms with Crippen molar-refractivity contribution in [1.82, 2.24) is 0 Å². The Morgan fingerprint density at radius 3 is 2.44 bits per heavy atom. The third kappa shape index (κ3) is 2.35. The minimum atomic E-state index is -0.766. The highest BCUT2D eigenvalue weighted by atomic mass is 35.5. The van der Waals surface area contributed by atoms with Crippen LogP contribution in [0.4, 0.5) is 5.69 Å². The molecule has 0 atom stereocenters. The number of halogens is 1. The van der Waals surface area contributed by atoms with E-state index in [1.807, 2.05) is 0 Å². The smallest absolute Gasteiger partial charge is 0.275 e. The van der Waals surface area contributed by atoms with Gasteiger partial charge in [-0.1, -0.05) is 30.3 Å². The second kappa shape index (κ2) is 5.23. The molecule has 5 heteroatoms. The highest BCUT2D eigenvalue weighted by Gasteiger charge is 2.21. The van der Waals surface area contributed by atoms with Crippen molar-refractivity contribution in [2.24, 2.45) is 0 Å². The predicted molar refractivity (Wildman–Crippen MR) is 62.9 cm³/mol. The molecule has 1 N–H and O–H groups in total. The van der Waals surface area contributed by atoms with Crippen molar-refractivity contribution in [2.75, 3.05) is 4.90 Å². The highest BCUT2D eigenvalue weighted by molar-refractivity contribution is 6.42. The lowest BCUT2D eigenvalue weighted by Gasteiger charge is -2.18. The van der Waals surface area contributed by atoms with Gasteiger partial charge in [-0.3, -0.25) is 9.59 Å². The molecule has 1 rings (SSSR count). The first-order valence-corrected chi connectivity index (χ1v) is 4.75. The molecule has 2 amide bonds. The molecule has 0 radical (unpaired) electrons. The van der Waals surface area contributed by atoms with Crippen molar-refractivity contribution in [1.29, 1.82) is 5.41 Å². The molecule has 0 fully saturated rings. The lowest BCUT2D eigenvalue weighted by molar-refractivity contribution is -0.120. The number of carbonyl (C=O) groups excluding carboxylic acids is 2. The zero-order valence-corrected chi connectivity index (χ0v) is 9.07. The fourth-order valence-corrected chi connectivity index (χ4v) is 1.36. The zero-order chi connectivity index (χ0) is 12.1. The molecule has 0 saturated heterocycles. The van der Waals surface area contributed by atoms with Gasteiger partial charge in [0, 0.05) is 0 Å². The monoisotopic (exact) mass is 236 g/mol. The van der Waals surface area contributed by atoms with Gasteiger partial charge in [-0.25, -0.2) is 4.90 Å². The van der Waals surface area contributed by atoms with Crippen LogP contribution in [0.5, 0.6) is 0 Å². The van der Waals surface area contributed by atoms with E-state index in [4.69, 9.17) is 17.0 Å². The molecule has 0 spiro atoms. The average Bonchev–Trinajstić information content (AvgIpc) is 2.31. The standard InChI is InChI=1S/C11H9ClN2O2/c1-2-10(15)14(11(16)7-13)9-6-4-3-5-8(9)12/h2-7,13H,1H2. The maximum absolute atomic E-state index is 11.5. The number of carbonyl (C=O) groups is 2. The third-order valence-electron chi connectivity index (χ3n) is 1.83. The number of imide groups is 1. The molecule has 0 aliphatic rings. The number of nitrogens with one attached hydrogen (secondary N) is 1. The van der Waals surface area contributed by atoms with Crippen LogP contribution in [0.15, 0.2) is 36.9 Å². The molecule has 4 nitrogen and oxygen atoms in total. The summed E-state index contributed by atoms with van der Waals surface area (Å²) in [6, 6.07) is 6.39. The van der Waals surface area contributed by atoms with Crippen molar-refractivity contribution in [3.8, 4) is 0 Å². The lowest BCUT2D eigenvalue weighted by atomic mass is 10.2. The van der Waals surface area contributed by atoms with E-state index in [1.54, 1.807) is 18.2 Å². The minimum Gasteiger partial charge on any atom is -0.303 e. The van der Waals surface area contributed by atoms with E-state index in [-0.39, 0.29) is 10.7 Å². The summed E-state index contributed by atoms with van der Waals surface area (Å²) in [7, 11) is 0. The minimum absolute atomic E-state index is 0.238. The van der Waals surface area contributed by atoms with E-state index in [0.29, 0.717) is 6.21 Å². The zero-order valence-electron chi connectivity index (χ0n) is 8.31. The Balaban J connectivity index is 3.26. The molecule has 1 aromatic rings. The molecular formula is C11H9ClN2O2. The van der Waals surface area contributed by atoms with Crippen LogP contribution in [-0.2, 0) is 9.59 Å². The second-order valence-corrected chi connectivity index (χ2v) is 3.22. The van der Waals surface area contributed by atoms with Gasteiger partial charge >= 0.3 is 0 Å². The lowest BCUT2D eigenvalue weighted by Crippen LogP contribution is -2.36. The third-order valence-corrected chi connectivity index (χ3v) is 2.15.